The van der Waals surface area contributed by atoms with E-state index in [9.17, 15) is 0 Å². The van der Waals surface area contributed by atoms with E-state index in [4.69, 9.17) is 13.7 Å². The van der Waals surface area contributed by atoms with E-state index in [2.05, 4.69) is 111 Å². The number of hydrogen-bond donors (Lipinski definition) is 0. The zero-order valence-corrected chi connectivity index (χ0v) is 22.3. The smallest absolute Gasteiger partial charge is 0.456 e. The minimum atomic E-state index is -0.411. The van der Waals surface area contributed by atoms with Crippen molar-refractivity contribution >= 4 is 83.4 Å². The maximum atomic E-state index is 6.36. The molecule has 1 aliphatic rings. The second-order valence-corrected chi connectivity index (χ2v) is 12.0. The topological polar surface area (TPSA) is 36.0 Å². The average Bonchev–Trinajstić information content (AvgIpc) is 3.62. The highest BCUT2D eigenvalue weighted by Gasteiger charge is 2.51. The van der Waals surface area contributed by atoms with Crippen molar-refractivity contribution in [3.63, 3.8) is 0 Å². The summed E-state index contributed by atoms with van der Waals surface area (Å²) in [7, 11) is -0.411. The fourth-order valence-corrected chi connectivity index (χ4v) is 6.67. The molecule has 0 unspecified atom stereocenters. The lowest BCUT2D eigenvalue weighted by Gasteiger charge is -2.32. The number of aromatic nitrogens is 1. The summed E-state index contributed by atoms with van der Waals surface area (Å²) in [5, 5.41) is 9.78. The van der Waals surface area contributed by atoms with E-state index in [0.29, 0.717) is 0 Å². The molecule has 0 radical (unpaired) electrons. The van der Waals surface area contributed by atoms with Gasteiger partial charge in [0, 0.05) is 32.3 Å². The number of para-hydroxylation sites is 2. The van der Waals surface area contributed by atoms with E-state index in [1.54, 1.807) is 0 Å². The molecule has 3 aromatic heterocycles. The Hall–Kier alpha value is -4.06. The van der Waals surface area contributed by atoms with Gasteiger partial charge in [-0.25, -0.2) is 0 Å². The first-order chi connectivity index (χ1) is 18.8. The molecule has 1 fully saturated rings. The molecule has 5 aromatic carbocycles. The van der Waals surface area contributed by atoms with Crippen LogP contribution in [-0.4, -0.2) is 22.7 Å². The van der Waals surface area contributed by atoms with Gasteiger partial charge in [0.1, 0.15) is 11.2 Å². The number of fused-ring (bicyclic) bond motifs is 11. The van der Waals surface area contributed by atoms with Crippen molar-refractivity contribution in [3.8, 4) is 0 Å². The number of rotatable bonds is 1. The molecule has 1 saturated heterocycles. The predicted molar refractivity (Wildman–Crippen MR) is 162 cm³/mol. The number of nitrogens with zero attached hydrogens (tertiary/aromatic N) is 1. The van der Waals surface area contributed by atoms with Gasteiger partial charge in [0.25, 0.3) is 0 Å². The van der Waals surface area contributed by atoms with Gasteiger partial charge in [0.15, 0.2) is 0 Å². The Kier molecular flexibility index (Phi) is 3.88. The highest BCUT2D eigenvalue weighted by atomic mass is 16.7. The van der Waals surface area contributed by atoms with Crippen LogP contribution in [0.25, 0.3) is 70.8 Å². The maximum absolute atomic E-state index is 6.36. The van der Waals surface area contributed by atoms with Crippen LogP contribution < -0.4 is 5.46 Å². The largest absolute Gasteiger partial charge is 0.494 e. The van der Waals surface area contributed by atoms with Crippen LogP contribution in [0.3, 0.4) is 0 Å². The third-order valence-corrected chi connectivity index (χ3v) is 9.34. The summed E-state index contributed by atoms with van der Waals surface area (Å²) in [5.74, 6) is 0. The molecular formula is C34H26BNO3. The predicted octanol–water partition coefficient (Wildman–Crippen LogP) is 8.19. The van der Waals surface area contributed by atoms with Crippen molar-refractivity contribution in [2.24, 2.45) is 0 Å². The van der Waals surface area contributed by atoms with Gasteiger partial charge in [-0.3, -0.25) is 0 Å². The summed E-state index contributed by atoms with van der Waals surface area (Å²) < 4.78 is 21.5. The van der Waals surface area contributed by atoms with Gasteiger partial charge >= 0.3 is 7.12 Å². The lowest BCUT2D eigenvalue weighted by Crippen LogP contribution is -2.41. The van der Waals surface area contributed by atoms with Gasteiger partial charge in [-0.2, -0.15) is 0 Å². The first-order valence-corrected chi connectivity index (χ1v) is 13.6. The molecule has 4 nitrogen and oxygen atoms in total. The molecule has 0 aliphatic carbocycles. The van der Waals surface area contributed by atoms with Crippen molar-refractivity contribution in [1.29, 1.82) is 0 Å². The monoisotopic (exact) mass is 507 g/mol. The Bertz CT molecular complexity index is 2290. The fourth-order valence-electron chi connectivity index (χ4n) is 6.67. The van der Waals surface area contributed by atoms with Crippen molar-refractivity contribution in [2.45, 2.75) is 38.9 Å². The molecule has 8 aromatic rings. The van der Waals surface area contributed by atoms with Gasteiger partial charge in [-0.1, -0.05) is 54.6 Å². The minimum Gasteiger partial charge on any atom is -0.456 e. The Balaban J connectivity index is 1.34. The van der Waals surface area contributed by atoms with Gasteiger partial charge in [0.2, 0.25) is 0 Å². The number of furan rings is 1. The van der Waals surface area contributed by atoms with Crippen LogP contribution in [0.1, 0.15) is 27.7 Å². The quantitative estimate of drug-likeness (QED) is 0.210. The molecule has 188 valence electrons. The van der Waals surface area contributed by atoms with Crippen LogP contribution >= 0.6 is 0 Å². The summed E-state index contributed by atoms with van der Waals surface area (Å²) >= 11 is 0. The van der Waals surface area contributed by atoms with Crippen molar-refractivity contribution in [1.82, 2.24) is 4.40 Å². The average molecular weight is 507 g/mol. The number of benzene rings is 5. The van der Waals surface area contributed by atoms with Crippen molar-refractivity contribution < 1.29 is 13.7 Å². The molecule has 5 heteroatoms. The SMILES string of the molecule is CC1(C)OB(c2ccc3oc4cc5ccc6c(c5cc4c3c2)c2cccc3c4ccccc4n6c32)OC1(C)C. The molecule has 1 aliphatic heterocycles. The molecule has 9 rings (SSSR count). The third-order valence-electron chi connectivity index (χ3n) is 9.34. The van der Waals surface area contributed by atoms with E-state index in [0.717, 1.165) is 27.4 Å². The van der Waals surface area contributed by atoms with Crippen LogP contribution in [0.4, 0.5) is 0 Å². The summed E-state index contributed by atoms with van der Waals surface area (Å²) in [6.45, 7) is 8.35. The zero-order chi connectivity index (χ0) is 26.3. The molecular weight excluding hydrogens is 481 g/mol. The van der Waals surface area contributed by atoms with E-state index in [1.807, 2.05) is 6.07 Å². The van der Waals surface area contributed by atoms with Crippen LogP contribution in [-0.2, 0) is 9.31 Å². The molecule has 0 amide bonds. The Labute approximate surface area is 225 Å². The summed E-state index contributed by atoms with van der Waals surface area (Å²) in [4.78, 5) is 0. The lowest BCUT2D eigenvalue weighted by atomic mass is 9.78. The third kappa shape index (κ3) is 2.67. The maximum Gasteiger partial charge on any atom is 0.494 e. The fraction of sp³-hybridized carbons (Fsp3) is 0.176. The standard InChI is InChI=1S/C34H26BNO3/c1-33(2)34(3,4)39-35(38-33)20-13-15-29-25(17-20)26-18-24-19(16-30(26)37-29)12-14-28-31(24)23-10-7-9-22-21-8-5-6-11-27(21)36(28)32(22)23/h5-18H,1-4H3. The molecule has 0 atom stereocenters. The van der Waals surface area contributed by atoms with E-state index >= 15 is 0 Å². The second-order valence-electron chi connectivity index (χ2n) is 12.0. The molecule has 0 N–H and O–H groups in total. The summed E-state index contributed by atoms with van der Waals surface area (Å²) in [6, 6.07) is 30.7. The normalized spacial score (nSPS) is 17.4. The van der Waals surface area contributed by atoms with Crippen LogP contribution in [0.2, 0.25) is 0 Å². The zero-order valence-electron chi connectivity index (χ0n) is 22.3. The van der Waals surface area contributed by atoms with Crippen molar-refractivity contribution in [2.75, 3.05) is 0 Å². The van der Waals surface area contributed by atoms with Gasteiger partial charge < -0.3 is 18.1 Å². The van der Waals surface area contributed by atoms with Crippen LogP contribution in [0.5, 0.6) is 0 Å². The second kappa shape index (κ2) is 6.92. The van der Waals surface area contributed by atoms with Gasteiger partial charge in [0.05, 0.1) is 27.8 Å². The molecule has 39 heavy (non-hydrogen) atoms. The summed E-state index contributed by atoms with van der Waals surface area (Å²) in [6.07, 6.45) is 0. The lowest BCUT2D eigenvalue weighted by molar-refractivity contribution is 0.00578. The Morgan fingerprint density at radius 3 is 2.18 bits per heavy atom. The van der Waals surface area contributed by atoms with Gasteiger partial charge in [-0.15, -0.1) is 0 Å². The molecule has 4 heterocycles. The molecule has 0 bridgehead atoms. The first-order valence-electron chi connectivity index (χ1n) is 13.6. The van der Waals surface area contributed by atoms with Crippen LogP contribution in [0, 0.1) is 0 Å². The van der Waals surface area contributed by atoms with E-state index in [1.165, 1.54) is 48.9 Å². The van der Waals surface area contributed by atoms with Gasteiger partial charge in [-0.05, 0) is 74.3 Å². The Morgan fingerprint density at radius 2 is 1.33 bits per heavy atom. The molecule has 0 spiro atoms. The van der Waals surface area contributed by atoms with E-state index in [-0.39, 0.29) is 11.2 Å². The first kappa shape index (κ1) is 21.8. The molecule has 0 saturated carbocycles. The highest BCUT2D eigenvalue weighted by molar-refractivity contribution is 6.62. The van der Waals surface area contributed by atoms with E-state index < -0.39 is 7.12 Å². The summed E-state index contributed by atoms with van der Waals surface area (Å²) in [5.41, 5.74) is 5.78. The highest BCUT2D eigenvalue weighted by Crippen LogP contribution is 2.43. The number of hydrogen-bond acceptors (Lipinski definition) is 3. The van der Waals surface area contributed by atoms with Crippen molar-refractivity contribution in [3.05, 3.63) is 84.9 Å². The minimum absolute atomic E-state index is 0.385. The Morgan fingerprint density at radius 1 is 0.590 bits per heavy atom. The van der Waals surface area contributed by atoms with Crippen LogP contribution in [0.15, 0.2) is 89.3 Å².